The third-order valence-electron chi connectivity index (χ3n) is 6.29. The lowest BCUT2D eigenvalue weighted by molar-refractivity contribution is -0.0252. The highest BCUT2D eigenvalue weighted by Crippen LogP contribution is 2.32. The van der Waals surface area contributed by atoms with Crippen LogP contribution in [0.3, 0.4) is 0 Å². The molecule has 0 amide bonds. The minimum absolute atomic E-state index is 0.132. The van der Waals surface area contributed by atoms with Crippen LogP contribution < -0.4 is 4.74 Å². The molecule has 0 spiro atoms. The first-order valence-electron chi connectivity index (χ1n) is 11.4. The van der Waals surface area contributed by atoms with Gasteiger partial charge in [-0.25, -0.2) is 18.4 Å². The standard InChI is InChI=1S/C24H30N4O5S/c1-4-24(29,5-2)18-8-6-17(7-9-18)20-14-21-22(26-11-10-25-21)23(27-20)33-16-19-15-28(12-13-32-19)34(3,30)31/h6-11,14,19,29H,4-5,12-13,15-16H2,1-3H3/t19-/m0/s1. The first-order valence-corrected chi connectivity index (χ1v) is 13.2. The number of hydrogen-bond donors (Lipinski definition) is 1. The molecular formula is C24H30N4O5S. The molecule has 1 N–H and O–H groups in total. The van der Waals surface area contributed by atoms with Gasteiger partial charge in [0.05, 0.1) is 29.7 Å². The fourth-order valence-electron chi connectivity index (χ4n) is 4.07. The van der Waals surface area contributed by atoms with E-state index in [0.29, 0.717) is 48.6 Å². The molecule has 0 bridgehead atoms. The highest BCUT2D eigenvalue weighted by Gasteiger charge is 2.28. The van der Waals surface area contributed by atoms with E-state index in [1.54, 1.807) is 12.4 Å². The molecule has 1 fully saturated rings. The van der Waals surface area contributed by atoms with Crippen molar-refractivity contribution in [2.45, 2.75) is 38.4 Å². The van der Waals surface area contributed by atoms with E-state index < -0.39 is 21.7 Å². The Kier molecular flexibility index (Phi) is 7.13. The maximum atomic E-state index is 11.9. The lowest BCUT2D eigenvalue weighted by Gasteiger charge is -2.30. The van der Waals surface area contributed by atoms with Crippen LogP contribution >= 0.6 is 0 Å². The van der Waals surface area contributed by atoms with Gasteiger partial charge in [-0.05, 0) is 24.5 Å². The third kappa shape index (κ3) is 5.20. The van der Waals surface area contributed by atoms with Gasteiger partial charge in [0.2, 0.25) is 15.9 Å². The molecule has 2 aromatic heterocycles. The number of benzene rings is 1. The molecule has 1 aromatic carbocycles. The zero-order valence-corrected chi connectivity index (χ0v) is 20.5. The summed E-state index contributed by atoms with van der Waals surface area (Å²) < 4.78 is 36.9. The van der Waals surface area contributed by atoms with Crippen molar-refractivity contribution in [1.29, 1.82) is 0 Å². The van der Waals surface area contributed by atoms with E-state index in [9.17, 15) is 13.5 Å². The Morgan fingerprint density at radius 2 is 1.88 bits per heavy atom. The molecule has 1 aliphatic rings. The molecule has 0 saturated carbocycles. The number of morpholine rings is 1. The molecule has 1 atom stereocenters. The number of hydrogen-bond acceptors (Lipinski definition) is 8. The van der Waals surface area contributed by atoms with Gasteiger partial charge in [-0.15, -0.1) is 0 Å². The van der Waals surface area contributed by atoms with Crippen LogP contribution in [0.1, 0.15) is 32.3 Å². The third-order valence-corrected chi connectivity index (χ3v) is 7.56. The van der Waals surface area contributed by atoms with E-state index in [4.69, 9.17) is 9.47 Å². The molecule has 34 heavy (non-hydrogen) atoms. The van der Waals surface area contributed by atoms with Crippen LogP contribution in [0.2, 0.25) is 0 Å². The fraction of sp³-hybridized carbons (Fsp3) is 0.458. The molecule has 1 saturated heterocycles. The van der Waals surface area contributed by atoms with Gasteiger partial charge in [-0.2, -0.15) is 4.31 Å². The predicted octanol–water partition coefficient (Wildman–Crippen LogP) is 2.74. The molecule has 182 valence electrons. The molecule has 0 aliphatic carbocycles. The van der Waals surface area contributed by atoms with Gasteiger partial charge < -0.3 is 14.6 Å². The second kappa shape index (κ2) is 9.91. The number of aromatic nitrogens is 3. The summed E-state index contributed by atoms with van der Waals surface area (Å²) in [5.41, 5.74) is 2.68. The van der Waals surface area contributed by atoms with Crippen LogP contribution in [-0.4, -0.2) is 71.4 Å². The normalized spacial score (nSPS) is 17.7. The van der Waals surface area contributed by atoms with Gasteiger partial charge in [0.25, 0.3) is 0 Å². The summed E-state index contributed by atoms with van der Waals surface area (Å²) in [5, 5.41) is 10.8. The number of pyridine rings is 1. The second-order valence-corrected chi connectivity index (χ2v) is 10.5. The summed E-state index contributed by atoms with van der Waals surface area (Å²) in [6.45, 7) is 4.93. The summed E-state index contributed by atoms with van der Waals surface area (Å²) in [5.74, 6) is 0.309. The summed E-state index contributed by atoms with van der Waals surface area (Å²) in [6.07, 6.45) is 5.22. The van der Waals surface area contributed by atoms with E-state index in [-0.39, 0.29) is 13.2 Å². The summed E-state index contributed by atoms with van der Waals surface area (Å²) >= 11 is 0. The van der Waals surface area contributed by atoms with Gasteiger partial charge in [0.15, 0.2) is 5.52 Å². The summed E-state index contributed by atoms with van der Waals surface area (Å²) in [4.78, 5) is 13.5. The van der Waals surface area contributed by atoms with Crippen molar-refractivity contribution >= 4 is 21.1 Å². The Labute approximate surface area is 199 Å². The molecule has 1 aliphatic heterocycles. The number of nitrogens with zero attached hydrogens (tertiary/aromatic N) is 4. The van der Waals surface area contributed by atoms with E-state index in [0.717, 1.165) is 11.1 Å². The average molecular weight is 487 g/mol. The van der Waals surface area contributed by atoms with Crippen molar-refractivity contribution in [3.05, 3.63) is 48.3 Å². The van der Waals surface area contributed by atoms with Gasteiger partial charge in [-0.3, -0.25) is 4.98 Å². The fourth-order valence-corrected chi connectivity index (χ4v) is 4.91. The van der Waals surface area contributed by atoms with Crippen LogP contribution in [0.4, 0.5) is 0 Å². The number of sulfonamides is 1. The lowest BCUT2D eigenvalue weighted by atomic mass is 9.88. The molecule has 9 nitrogen and oxygen atoms in total. The molecule has 4 rings (SSSR count). The van der Waals surface area contributed by atoms with Crippen molar-refractivity contribution in [2.24, 2.45) is 0 Å². The Bertz CT molecular complexity index is 1250. The van der Waals surface area contributed by atoms with E-state index in [2.05, 4.69) is 15.0 Å². The van der Waals surface area contributed by atoms with Crippen LogP contribution in [0.5, 0.6) is 5.88 Å². The van der Waals surface area contributed by atoms with Gasteiger partial charge in [-0.1, -0.05) is 38.1 Å². The smallest absolute Gasteiger partial charge is 0.242 e. The highest BCUT2D eigenvalue weighted by atomic mass is 32.2. The molecule has 10 heteroatoms. The maximum absolute atomic E-state index is 11.9. The van der Waals surface area contributed by atoms with E-state index in [1.807, 2.05) is 44.2 Å². The molecule has 3 heterocycles. The molecular weight excluding hydrogens is 456 g/mol. The van der Waals surface area contributed by atoms with Gasteiger partial charge in [0.1, 0.15) is 12.7 Å². The zero-order chi connectivity index (χ0) is 24.3. The number of fused-ring (bicyclic) bond motifs is 1. The van der Waals surface area contributed by atoms with Gasteiger partial charge >= 0.3 is 0 Å². The van der Waals surface area contributed by atoms with Crippen molar-refractivity contribution < 1.29 is 23.0 Å². The molecule has 3 aromatic rings. The maximum Gasteiger partial charge on any atom is 0.242 e. The average Bonchev–Trinajstić information content (AvgIpc) is 2.86. The van der Waals surface area contributed by atoms with Gasteiger partial charge in [0, 0.05) is 31.0 Å². The second-order valence-electron chi connectivity index (χ2n) is 8.48. The summed E-state index contributed by atoms with van der Waals surface area (Å²) in [7, 11) is -3.30. The van der Waals surface area contributed by atoms with Crippen LogP contribution in [0.15, 0.2) is 42.7 Å². The lowest BCUT2D eigenvalue weighted by Crippen LogP contribution is -2.47. The first-order chi connectivity index (χ1) is 16.2. The number of aliphatic hydroxyl groups is 1. The monoisotopic (exact) mass is 486 g/mol. The quantitative estimate of drug-likeness (QED) is 0.517. The minimum Gasteiger partial charge on any atom is -0.473 e. The molecule has 0 unspecified atom stereocenters. The van der Waals surface area contributed by atoms with Crippen LogP contribution in [0, 0.1) is 0 Å². The van der Waals surface area contributed by atoms with E-state index >= 15 is 0 Å². The van der Waals surface area contributed by atoms with Crippen LogP contribution in [-0.2, 0) is 20.4 Å². The number of ether oxygens (including phenoxy) is 2. The molecule has 0 radical (unpaired) electrons. The largest absolute Gasteiger partial charge is 0.473 e. The van der Waals surface area contributed by atoms with Crippen molar-refractivity contribution in [2.75, 3.05) is 32.6 Å². The Hall–Kier alpha value is -2.66. The van der Waals surface area contributed by atoms with E-state index in [1.165, 1.54) is 10.6 Å². The SMILES string of the molecule is CCC(O)(CC)c1ccc(-c2cc3nccnc3c(OC[C@@H]3CN(S(C)(=O)=O)CCO3)n2)cc1. The Morgan fingerprint density at radius 3 is 2.56 bits per heavy atom. The van der Waals surface area contributed by atoms with Crippen LogP contribution in [0.25, 0.3) is 22.3 Å². The Morgan fingerprint density at radius 1 is 1.18 bits per heavy atom. The number of rotatable bonds is 8. The highest BCUT2D eigenvalue weighted by molar-refractivity contribution is 7.88. The van der Waals surface area contributed by atoms with Crippen molar-refractivity contribution in [1.82, 2.24) is 19.3 Å². The van der Waals surface area contributed by atoms with Crippen molar-refractivity contribution in [3.8, 4) is 17.1 Å². The first kappa shape index (κ1) is 24.5. The minimum atomic E-state index is -3.30. The zero-order valence-electron chi connectivity index (χ0n) is 19.6. The topological polar surface area (TPSA) is 115 Å². The van der Waals surface area contributed by atoms with Crippen molar-refractivity contribution in [3.63, 3.8) is 0 Å². The Balaban J connectivity index is 1.60. The summed E-state index contributed by atoms with van der Waals surface area (Å²) in [6, 6.07) is 9.53. The predicted molar refractivity (Wildman–Crippen MR) is 129 cm³/mol.